The molecule has 0 radical (unpaired) electrons. The quantitative estimate of drug-likeness (QED) is 0.672. The molecular weight excluding hydrogens is 300 g/mol. The van der Waals surface area contributed by atoms with Gasteiger partial charge in [0.2, 0.25) is 0 Å². The zero-order valence-electron chi connectivity index (χ0n) is 12.4. The van der Waals surface area contributed by atoms with Gasteiger partial charge in [0.15, 0.2) is 0 Å². The zero-order chi connectivity index (χ0) is 15.4. The second-order valence-electron chi connectivity index (χ2n) is 5.16. The third-order valence-electron chi connectivity index (χ3n) is 3.54. The highest BCUT2D eigenvalue weighted by atomic mass is 32.1. The number of hydrogen-bond donors (Lipinski definition) is 0. The molecule has 0 unspecified atom stereocenters. The lowest BCUT2D eigenvalue weighted by Gasteiger charge is -2.20. The van der Waals surface area contributed by atoms with E-state index in [-0.39, 0.29) is 4.87 Å². The lowest BCUT2D eigenvalue weighted by atomic mass is 10.3. The molecule has 116 valence electrons. The zero-order valence-corrected chi connectivity index (χ0v) is 13.2. The summed E-state index contributed by atoms with van der Waals surface area (Å²) in [6.07, 6.45) is 3.35. The summed E-state index contributed by atoms with van der Waals surface area (Å²) >= 11 is 1.25. The minimum Gasteiger partial charge on any atom is -0.468 e. The maximum atomic E-state index is 11.8. The molecule has 22 heavy (non-hydrogen) atoms. The van der Waals surface area contributed by atoms with Gasteiger partial charge in [-0.3, -0.25) is 9.69 Å². The van der Waals surface area contributed by atoms with Gasteiger partial charge < -0.3 is 13.4 Å². The van der Waals surface area contributed by atoms with Crippen molar-refractivity contribution in [1.29, 1.82) is 0 Å². The van der Waals surface area contributed by atoms with Crippen molar-refractivity contribution in [2.45, 2.75) is 26.6 Å². The van der Waals surface area contributed by atoms with Gasteiger partial charge in [-0.05, 0) is 31.2 Å². The lowest BCUT2D eigenvalue weighted by Crippen LogP contribution is -2.29. The fraction of sp³-hybridized carbons (Fsp3) is 0.312. The number of hydrogen-bond acceptors (Lipinski definition) is 5. The predicted molar refractivity (Wildman–Crippen MR) is 84.8 cm³/mol. The van der Waals surface area contributed by atoms with E-state index in [0.29, 0.717) is 19.6 Å². The number of rotatable bonds is 7. The van der Waals surface area contributed by atoms with Crippen molar-refractivity contribution in [2.75, 3.05) is 6.54 Å². The molecule has 0 fully saturated rings. The van der Waals surface area contributed by atoms with Gasteiger partial charge in [0.1, 0.15) is 11.5 Å². The summed E-state index contributed by atoms with van der Waals surface area (Å²) < 4.78 is 12.7. The Balaban J connectivity index is 1.69. The van der Waals surface area contributed by atoms with Gasteiger partial charge in [-0.1, -0.05) is 11.3 Å². The molecule has 0 aliphatic carbocycles. The van der Waals surface area contributed by atoms with Crippen LogP contribution in [0.1, 0.15) is 17.2 Å². The summed E-state index contributed by atoms with van der Waals surface area (Å²) in [5, 5.41) is 1.89. The molecule has 0 saturated heterocycles. The Bertz CT molecular complexity index is 705. The fourth-order valence-corrected chi connectivity index (χ4v) is 3.14. The minimum atomic E-state index is 0.0912. The first-order valence-corrected chi connectivity index (χ1v) is 8.02. The van der Waals surface area contributed by atoms with Gasteiger partial charge in [-0.15, -0.1) is 0 Å². The van der Waals surface area contributed by atoms with Crippen LogP contribution in [0, 0.1) is 6.92 Å². The molecule has 0 amide bonds. The number of nitrogens with zero attached hydrogens (tertiary/aromatic N) is 2. The molecule has 0 spiro atoms. The number of thiazole rings is 1. The SMILES string of the molecule is Cc1csc(=O)n1CCN(Cc1ccco1)Cc1ccco1. The van der Waals surface area contributed by atoms with Crippen LogP contribution in [-0.2, 0) is 19.6 Å². The van der Waals surface area contributed by atoms with Gasteiger partial charge in [0.25, 0.3) is 0 Å². The number of furan rings is 2. The maximum Gasteiger partial charge on any atom is 0.307 e. The van der Waals surface area contributed by atoms with Crippen LogP contribution in [0.2, 0.25) is 0 Å². The largest absolute Gasteiger partial charge is 0.468 e. The smallest absolute Gasteiger partial charge is 0.307 e. The van der Waals surface area contributed by atoms with Crippen molar-refractivity contribution in [3.8, 4) is 0 Å². The highest BCUT2D eigenvalue weighted by Gasteiger charge is 2.12. The lowest BCUT2D eigenvalue weighted by molar-refractivity contribution is 0.209. The molecule has 0 aromatic carbocycles. The number of aromatic nitrogens is 1. The first-order chi connectivity index (χ1) is 10.7. The van der Waals surface area contributed by atoms with Gasteiger partial charge in [-0.25, -0.2) is 0 Å². The van der Waals surface area contributed by atoms with Crippen LogP contribution in [0.4, 0.5) is 0 Å². The molecule has 3 rings (SSSR count). The van der Waals surface area contributed by atoms with Crippen LogP contribution in [-0.4, -0.2) is 16.0 Å². The Kier molecular flexibility index (Phi) is 4.60. The van der Waals surface area contributed by atoms with Crippen molar-refractivity contribution >= 4 is 11.3 Å². The standard InChI is InChI=1S/C16H18N2O3S/c1-13-12-22-16(19)18(13)7-6-17(10-14-4-2-8-20-14)11-15-5-3-9-21-15/h2-5,8-9,12H,6-7,10-11H2,1H3. The molecule has 6 heteroatoms. The molecule has 3 aromatic rings. The monoisotopic (exact) mass is 318 g/mol. The topological polar surface area (TPSA) is 51.5 Å². The predicted octanol–water partition coefficient (Wildman–Crippen LogP) is 3.11. The Hall–Kier alpha value is -2.05. The van der Waals surface area contributed by atoms with E-state index in [1.54, 1.807) is 12.5 Å². The summed E-state index contributed by atoms with van der Waals surface area (Å²) in [6, 6.07) is 7.68. The van der Waals surface area contributed by atoms with Crippen molar-refractivity contribution < 1.29 is 8.83 Å². The summed E-state index contributed by atoms with van der Waals surface area (Å²) in [5.41, 5.74) is 1.01. The summed E-state index contributed by atoms with van der Waals surface area (Å²) in [6.45, 7) is 4.74. The average molecular weight is 318 g/mol. The normalized spacial score (nSPS) is 11.4. The highest BCUT2D eigenvalue weighted by Crippen LogP contribution is 2.11. The fourth-order valence-electron chi connectivity index (χ4n) is 2.38. The third-order valence-corrected chi connectivity index (χ3v) is 4.42. The molecule has 3 heterocycles. The Morgan fingerprint density at radius 3 is 2.23 bits per heavy atom. The van der Waals surface area contributed by atoms with E-state index in [1.165, 1.54) is 11.3 Å². The van der Waals surface area contributed by atoms with E-state index in [4.69, 9.17) is 8.83 Å². The van der Waals surface area contributed by atoms with E-state index in [9.17, 15) is 4.79 Å². The maximum absolute atomic E-state index is 11.8. The van der Waals surface area contributed by atoms with Crippen LogP contribution in [0.3, 0.4) is 0 Å². The molecule has 0 aliphatic heterocycles. The van der Waals surface area contributed by atoms with Crippen molar-refractivity contribution in [3.63, 3.8) is 0 Å². The van der Waals surface area contributed by atoms with Crippen LogP contribution in [0.25, 0.3) is 0 Å². The Morgan fingerprint density at radius 1 is 1.14 bits per heavy atom. The van der Waals surface area contributed by atoms with E-state index < -0.39 is 0 Å². The second kappa shape index (κ2) is 6.81. The van der Waals surface area contributed by atoms with Gasteiger partial charge in [-0.2, -0.15) is 0 Å². The average Bonchev–Trinajstić information content (AvgIpc) is 3.22. The second-order valence-corrected chi connectivity index (χ2v) is 5.98. The molecule has 5 nitrogen and oxygen atoms in total. The molecular formula is C16H18N2O3S. The van der Waals surface area contributed by atoms with Gasteiger partial charge in [0.05, 0.1) is 25.6 Å². The van der Waals surface area contributed by atoms with E-state index in [0.717, 1.165) is 23.8 Å². The van der Waals surface area contributed by atoms with Crippen molar-refractivity contribution in [1.82, 2.24) is 9.47 Å². The van der Waals surface area contributed by atoms with Crippen molar-refractivity contribution in [2.24, 2.45) is 0 Å². The summed E-state index contributed by atoms with van der Waals surface area (Å²) in [7, 11) is 0. The van der Waals surface area contributed by atoms with Gasteiger partial charge in [0, 0.05) is 24.2 Å². The minimum absolute atomic E-state index is 0.0912. The molecule has 0 atom stereocenters. The molecule has 0 saturated carbocycles. The summed E-state index contributed by atoms with van der Waals surface area (Å²) in [4.78, 5) is 14.1. The van der Waals surface area contributed by atoms with Crippen LogP contribution in [0.5, 0.6) is 0 Å². The molecule has 0 bridgehead atoms. The van der Waals surface area contributed by atoms with E-state index in [2.05, 4.69) is 4.90 Å². The first kappa shape index (κ1) is 14.9. The van der Waals surface area contributed by atoms with Crippen LogP contribution >= 0.6 is 11.3 Å². The van der Waals surface area contributed by atoms with E-state index >= 15 is 0 Å². The third kappa shape index (κ3) is 3.58. The number of aryl methyl sites for hydroxylation is 1. The molecule has 0 aliphatic rings. The molecule has 0 N–H and O–H groups in total. The van der Waals surface area contributed by atoms with Crippen LogP contribution in [0.15, 0.2) is 55.8 Å². The van der Waals surface area contributed by atoms with Gasteiger partial charge >= 0.3 is 4.87 Å². The van der Waals surface area contributed by atoms with E-state index in [1.807, 2.05) is 41.1 Å². The summed E-state index contributed by atoms with van der Waals surface area (Å²) in [5.74, 6) is 1.81. The Labute approximate surface area is 132 Å². The highest BCUT2D eigenvalue weighted by molar-refractivity contribution is 7.07. The van der Waals surface area contributed by atoms with Crippen molar-refractivity contribution in [3.05, 3.63) is 69.1 Å². The first-order valence-electron chi connectivity index (χ1n) is 7.14. The van der Waals surface area contributed by atoms with Crippen LogP contribution < -0.4 is 4.87 Å². The molecule has 3 aromatic heterocycles. The Morgan fingerprint density at radius 2 is 1.77 bits per heavy atom.